The van der Waals surface area contributed by atoms with Gasteiger partial charge < -0.3 is 10.3 Å². The highest BCUT2D eigenvalue weighted by atomic mass is 15.0. The molecule has 2 heteroatoms. The normalized spacial score (nSPS) is 10.6. The molecule has 1 heterocycles. The molecule has 0 amide bonds. The van der Waals surface area contributed by atoms with E-state index in [1.54, 1.807) is 0 Å². The standard InChI is InChI=1S/C14H16N2/c1-4-11-7-13(10(2)3)8-12-5-6-16(9-15)14(11)12/h4-8H,1-2,9,15H2,3H3. The van der Waals surface area contributed by atoms with Gasteiger partial charge in [0.2, 0.25) is 0 Å². The molecule has 0 saturated heterocycles. The fourth-order valence-corrected chi connectivity index (χ4v) is 1.94. The van der Waals surface area contributed by atoms with Gasteiger partial charge in [-0.1, -0.05) is 24.8 Å². The predicted molar refractivity (Wildman–Crippen MR) is 70.9 cm³/mol. The molecule has 82 valence electrons. The molecule has 2 nitrogen and oxygen atoms in total. The number of allylic oxidation sites excluding steroid dienone is 1. The van der Waals surface area contributed by atoms with E-state index in [0.29, 0.717) is 6.67 Å². The van der Waals surface area contributed by atoms with Gasteiger partial charge >= 0.3 is 0 Å². The molecule has 0 saturated carbocycles. The van der Waals surface area contributed by atoms with Crippen LogP contribution < -0.4 is 5.73 Å². The molecule has 0 radical (unpaired) electrons. The van der Waals surface area contributed by atoms with E-state index in [1.807, 2.05) is 23.8 Å². The Morgan fingerprint density at radius 3 is 2.81 bits per heavy atom. The molecular weight excluding hydrogens is 196 g/mol. The highest BCUT2D eigenvalue weighted by Gasteiger charge is 2.06. The summed E-state index contributed by atoms with van der Waals surface area (Å²) in [5, 5.41) is 1.18. The van der Waals surface area contributed by atoms with Crippen LogP contribution in [-0.2, 0) is 6.67 Å². The van der Waals surface area contributed by atoms with Crippen molar-refractivity contribution in [2.45, 2.75) is 13.6 Å². The van der Waals surface area contributed by atoms with Crippen molar-refractivity contribution in [1.29, 1.82) is 0 Å². The Hall–Kier alpha value is -1.80. The summed E-state index contributed by atoms with van der Waals surface area (Å²) in [6.45, 7) is 10.3. The van der Waals surface area contributed by atoms with Gasteiger partial charge in [-0.05, 0) is 36.2 Å². The molecule has 2 rings (SSSR count). The van der Waals surface area contributed by atoms with Crippen LogP contribution in [-0.4, -0.2) is 4.57 Å². The minimum absolute atomic E-state index is 0.483. The quantitative estimate of drug-likeness (QED) is 0.832. The van der Waals surface area contributed by atoms with Crippen molar-refractivity contribution in [1.82, 2.24) is 4.57 Å². The molecule has 0 aliphatic carbocycles. The summed E-state index contributed by atoms with van der Waals surface area (Å²) in [4.78, 5) is 0. The number of hydrogen-bond donors (Lipinski definition) is 1. The lowest BCUT2D eigenvalue weighted by molar-refractivity contribution is 0.763. The van der Waals surface area contributed by atoms with Gasteiger partial charge in [-0.2, -0.15) is 0 Å². The summed E-state index contributed by atoms with van der Waals surface area (Å²) in [6.07, 6.45) is 3.86. The fraction of sp³-hybridized carbons (Fsp3) is 0.143. The van der Waals surface area contributed by atoms with Gasteiger partial charge in [-0.3, -0.25) is 0 Å². The van der Waals surface area contributed by atoms with Crippen LogP contribution in [0.25, 0.3) is 22.6 Å². The Balaban J connectivity index is 2.80. The van der Waals surface area contributed by atoms with Gasteiger partial charge in [0.1, 0.15) is 0 Å². The second-order valence-corrected chi connectivity index (χ2v) is 3.96. The van der Waals surface area contributed by atoms with Crippen LogP contribution in [0.2, 0.25) is 0 Å². The summed E-state index contributed by atoms with van der Waals surface area (Å²) in [5.41, 5.74) is 10.1. The van der Waals surface area contributed by atoms with Gasteiger partial charge in [0.15, 0.2) is 0 Å². The maximum atomic E-state index is 5.69. The van der Waals surface area contributed by atoms with E-state index < -0.39 is 0 Å². The molecule has 0 atom stereocenters. The number of aromatic nitrogens is 1. The molecule has 1 aromatic heterocycles. The molecule has 0 unspecified atom stereocenters. The van der Waals surface area contributed by atoms with Crippen molar-refractivity contribution < 1.29 is 0 Å². The summed E-state index contributed by atoms with van der Waals surface area (Å²) in [7, 11) is 0. The Kier molecular flexibility index (Phi) is 2.67. The molecule has 0 spiro atoms. The van der Waals surface area contributed by atoms with Gasteiger partial charge in [0.25, 0.3) is 0 Å². The smallest absolute Gasteiger partial charge is 0.0701 e. The number of hydrogen-bond acceptors (Lipinski definition) is 1. The summed E-state index contributed by atoms with van der Waals surface area (Å²) in [6, 6.07) is 6.31. The lowest BCUT2D eigenvalue weighted by Crippen LogP contribution is -2.05. The van der Waals surface area contributed by atoms with E-state index in [9.17, 15) is 0 Å². The highest BCUT2D eigenvalue weighted by Crippen LogP contribution is 2.26. The van der Waals surface area contributed by atoms with Crippen LogP contribution in [0, 0.1) is 0 Å². The first kappa shape index (κ1) is 10.7. The largest absolute Gasteiger partial charge is 0.334 e. The Bertz CT molecular complexity index is 561. The fourth-order valence-electron chi connectivity index (χ4n) is 1.94. The average molecular weight is 212 g/mol. The minimum atomic E-state index is 0.483. The van der Waals surface area contributed by atoms with Crippen LogP contribution in [0.4, 0.5) is 0 Å². The zero-order valence-electron chi connectivity index (χ0n) is 9.53. The van der Waals surface area contributed by atoms with Gasteiger partial charge in [-0.15, -0.1) is 0 Å². The second-order valence-electron chi connectivity index (χ2n) is 3.96. The second kappa shape index (κ2) is 3.99. The molecule has 2 aromatic rings. The maximum Gasteiger partial charge on any atom is 0.0701 e. The Labute approximate surface area is 95.7 Å². The first-order valence-corrected chi connectivity index (χ1v) is 5.28. The van der Waals surface area contributed by atoms with Crippen LogP contribution in [0.5, 0.6) is 0 Å². The van der Waals surface area contributed by atoms with Crippen molar-refractivity contribution in [3.8, 4) is 0 Å². The molecule has 0 aliphatic rings. The van der Waals surface area contributed by atoms with Crippen LogP contribution in [0.15, 0.2) is 37.6 Å². The monoisotopic (exact) mass is 212 g/mol. The average Bonchev–Trinajstić information content (AvgIpc) is 2.70. The van der Waals surface area contributed by atoms with E-state index in [0.717, 1.165) is 22.2 Å². The lowest BCUT2D eigenvalue weighted by atomic mass is 10.0. The lowest BCUT2D eigenvalue weighted by Gasteiger charge is -2.07. The Morgan fingerprint density at radius 2 is 2.25 bits per heavy atom. The van der Waals surface area contributed by atoms with Gasteiger partial charge in [-0.25, -0.2) is 0 Å². The molecule has 16 heavy (non-hydrogen) atoms. The minimum Gasteiger partial charge on any atom is -0.334 e. The van der Waals surface area contributed by atoms with Crippen molar-refractivity contribution in [2.75, 3.05) is 0 Å². The van der Waals surface area contributed by atoms with E-state index in [4.69, 9.17) is 5.73 Å². The SMILES string of the molecule is C=Cc1cc(C(=C)C)cc2ccn(CN)c12. The van der Waals surface area contributed by atoms with Crippen LogP contribution >= 0.6 is 0 Å². The molecule has 0 fully saturated rings. The van der Waals surface area contributed by atoms with Crippen molar-refractivity contribution in [3.63, 3.8) is 0 Å². The highest BCUT2D eigenvalue weighted by molar-refractivity contribution is 5.91. The van der Waals surface area contributed by atoms with Crippen molar-refractivity contribution in [3.05, 3.63) is 48.7 Å². The first-order valence-electron chi connectivity index (χ1n) is 5.28. The summed E-state index contributed by atoms with van der Waals surface area (Å²) >= 11 is 0. The third kappa shape index (κ3) is 1.57. The van der Waals surface area contributed by atoms with Crippen LogP contribution in [0.1, 0.15) is 18.1 Å². The molecular formula is C14H16N2. The van der Waals surface area contributed by atoms with E-state index in [1.165, 1.54) is 5.39 Å². The van der Waals surface area contributed by atoms with Crippen molar-refractivity contribution >= 4 is 22.6 Å². The summed E-state index contributed by atoms with van der Waals surface area (Å²) < 4.78 is 2.02. The summed E-state index contributed by atoms with van der Waals surface area (Å²) in [5.74, 6) is 0. The number of fused-ring (bicyclic) bond motifs is 1. The topological polar surface area (TPSA) is 30.9 Å². The van der Waals surface area contributed by atoms with E-state index >= 15 is 0 Å². The van der Waals surface area contributed by atoms with Crippen molar-refractivity contribution in [2.24, 2.45) is 5.73 Å². The number of benzene rings is 1. The molecule has 0 bridgehead atoms. The molecule has 0 aliphatic heterocycles. The Morgan fingerprint density at radius 1 is 1.50 bits per heavy atom. The third-order valence-electron chi connectivity index (χ3n) is 2.80. The van der Waals surface area contributed by atoms with Crippen LogP contribution in [0.3, 0.4) is 0 Å². The van der Waals surface area contributed by atoms with E-state index in [2.05, 4.69) is 31.4 Å². The molecule has 1 aromatic carbocycles. The number of nitrogens with two attached hydrogens (primary N) is 1. The number of rotatable bonds is 3. The van der Waals surface area contributed by atoms with E-state index in [-0.39, 0.29) is 0 Å². The molecule has 2 N–H and O–H groups in total. The van der Waals surface area contributed by atoms with Gasteiger partial charge in [0, 0.05) is 11.6 Å². The zero-order chi connectivity index (χ0) is 11.7. The third-order valence-corrected chi connectivity index (χ3v) is 2.80. The first-order chi connectivity index (χ1) is 7.67. The van der Waals surface area contributed by atoms with Gasteiger partial charge in [0.05, 0.1) is 12.2 Å². The predicted octanol–water partition coefficient (Wildman–Crippen LogP) is 3.23. The number of nitrogens with zero attached hydrogens (tertiary/aromatic N) is 1. The maximum absolute atomic E-state index is 5.69. The zero-order valence-corrected chi connectivity index (χ0v) is 9.53.